The van der Waals surface area contributed by atoms with Crippen LogP contribution in [0.3, 0.4) is 0 Å². The summed E-state index contributed by atoms with van der Waals surface area (Å²) >= 11 is 0. The molecule has 1 saturated carbocycles. The summed E-state index contributed by atoms with van der Waals surface area (Å²) in [7, 11) is 4.50. The third kappa shape index (κ3) is 3.49. The summed E-state index contributed by atoms with van der Waals surface area (Å²) in [6.45, 7) is 5.49. The number of hydrogen-bond donors (Lipinski definition) is 1. The number of likely N-dealkylation sites (N-methyl/N-ethyl adjacent to an activating group) is 2. The zero-order valence-corrected chi connectivity index (χ0v) is 14.3. The van der Waals surface area contributed by atoms with E-state index in [4.69, 9.17) is 0 Å². The van der Waals surface area contributed by atoms with Gasteiger partial charge < -0.3 is 10.2 Å². The molecule has 1 atom stereocenters. The fourth-order valence-electron chi connectivity index (χ4n) is 3.97. The highest BCUT2D eigenvalue weighted by Crippen LogP contribution is 2.43. The molecule has 1 N–H and O–H groups in total. The molecular weight excluding hydrogens is 256 g/mol. The van der Waals surface area contributed by atoms with E-state index in [0.717, 1.165) is 6.54 Å². The Kier molecular flexibility index (Phi) is 5.83. The van der Waals surface area contributed by atoms with Crippen molar-refractivity contribution in [1.82, 2.24) is 10.2 Å². The van der Waals surface area contributed by atoms with Gasteiger partial charge in [-0.05, 0) is 51.0 Å². The molecule has 2 rings (SSSR count). The fraction of sp³-hybridized carbons (Fsp3) is 0.684. The van der Waals surface area contributed by atoms with Crippen molar-refractivity contribution in [3.8, 4) is 0 Å². The molecule has 118 valence electrons. The van der Waals surface area contributed by atoms with Crippen LogP contribution >= 0.6 is 0 Å². The van der Waals surface area contributed by atoms with Crippen molar-refractivity contribution < 1.29 is 0 Å². The molecule has 0 bridgehead atoms. The first-order valence-corrected chi connectivity index (χ1v) is 8.63. The Morgan fingerprint density at radius 1 is 1.10 bits per heavy atom. The Labute approximate surface area is 130 Å². The van der Waals surface area contributed by atoms with Crippen molar-refractivity contribution in [2.45, 2.75) is 64.0 Å². The first-order chi connectivity index (χ1) is 10.1. The summed E-state index contributed by atoms with van der Waals surface area (Å²) in [5.74, 6) is 0. The fourth-order valence-corrected chi connectivity index (χ4v) is 3.97. The van der Waals surface area contributed by atoms with Crippen molar-refractivity contribution >= 4 is 0 Å². The van der Waals surface area contributed by atoms with E-state index in [9.17, 15) is 0 Å². The number of hydrogen-bond acceptors (Lipinski definition) is 2. The first kappa shape index (κ1) is 16.5. The smallest absolute Gasteiger partial charge is 0.0506 e. The normalized spacial score (nSPS) is 19.1. The molecule has 21 heavy (non-hydrogen) atoms. The number of benzene rings is 1. The Morgan fingerprint density at radius 3 is 2.19 bits per heavy atom. The maximum Gasteiger partial charge on any atom is 0.0506 e. The predicted octanol–water partition coefficient (Wildman–Crippen LogP) is 4.16. The summed E-state index contributed by atoms with van der Waals surface area (Å²) in [5.41, 5.74) is 3.19. The van der Waals surface area contributed by atoms with Gasteiger partial charge in [-0.3, -0.25) is 0 Å². The second-order valence-corrected chi connectivity index (χ2v) is 6.69. The molecule has 1 unspecified atom stereocenters. The lowest BCUT2D eigenvalue weighted by atomic mass is 9.82. The van der Waals surface area contributed by atoms with E-state index in [0.29, 0.717) is 6.04 Å². The highest BCUT2D eigenvalue weighted by atomic mass is 15.2. The van der Waals surface area contributed by atoms with E-state index in [2.05, 4.69) is 62.4 Å². The van der Waals surface area contributed by atoms with E-state index in [1.165, 1.54) is 49.7 Å². The van der Waals surface area contributed by atoms with Gasteiger partial charge in [0.2, 0.25) is 0 Å². The number of rotatable bonds is 7. The van der Waals surface area contributed by atoms with Gasteiger partial charge in [-0.1, -0.05) is 57.4 Å². The van der Waals surface area contributed by atoms with Gasteiger partial charge in [-0.15, -0.1) is 0 Å². The summed E-state index contributed by atoms with van der Waals surface area (Å²) < 4.78 is 0. The summed E-state index contributed by atoms with van der Waals surface area (Å²) in [6.07, 6.45) is 7.72. The zero-order valence-electron chi connectivity index (χ0n) is 14.3. The SMILES string of the molecule is CCCc1ccc(C(NCC)C2(N(C)C)CCCC2)cc1. The van der Waals surface area contributed by atoms with Crippen molar-refractivity contribution in [2.75, 3.05) is 20.6 Å². The Morgan fingerprint density at radius 2 is 1.71 bits per heavy atom. The number of nitrogens with one attached hydrogen (secondary N) is 1. The van der Waals surface area contributed by atoms with Crippen molar-refractivity contribution in [1.29, 1.82) is 0 Å². The Balaban J connectivity index is 2.28. The molecule has 0 saturated heterocycles. The molecule has 1 fully saturated rings. The molecule has 2 heteroatoms. The standard InChI is InChI=1S/C19H32N2/c1-5-9-16-10-12-17(13-11-16)18(20-6-2)19(21(3)4)14-7-8-15-19/h10-13,18,20H,5-9,14-15H2,1-4H3. The molecule has 1 aromatic rings. The first-order valence-electron chi connectivity index (χ1n) is 8.63. The van der Waals surface area contributed by atoms with Gasteiger partial charge in [0.15, 0.2) is 0 Å². The molecular formula is C19H32N2. The van der Waals surface area contributed by atoms with Gasteiger partial charge in [-0.2, -0.15) is 0 Å². The predicted molar refractivity (Wildman–Crippen MR) is 91.7 cm³/mol. The Bertz CT molecular complexity index is 416. The van der Waals surface area contributed by atoms with Gasteiger partial charge in [0.25, 0.3) is 0 Å². The largest absolute Gasteiger partial charge is 0.309 e. The third-order valence-corrected chi connectivity index (χ3v) is 5.16. The van der Waals surface area contributed by atoms with Crippen LogP contribution in [-0.2, 0) is 6.42 Å². The zero-order chi connectivity index (χ0) is 15.3. The van der Waals surface area contributed by atoms with Crippen LogP contribution in [0.5, 0.6) is 0 Å². The van der Waals surface area contributed by atoms with E-state index >= 15 is 0 Å². The topological polar surface area (TPSA) is 15.3 Å². The molecule has 0 aromatic heterocycles. The second kappa shape index (κ2) is 7.42. The molecule has 0 heterocycles. The van der Waals surface area contributed by atoms with Crippen LogP contribution in [0, 0.1) is 0 Å². The average Bonchev–Trinajstić information content (AvgIpc) is 2.97. The number of aryl methyl sites for hydroxylation is 1. The van der Waals surface area contributed by atoms with Gasteiger partial charge in [-0.25, -0.2) is 0 Å². The van der Waals surface area contributed by atoms with Gasteiger partial charge in [0.05, 0.1) is 6.04 Å². The summed E-state index contributed by atoms with van der Waals surface area (Å²) in [4.78, 5) is 2.47. The monoisotopic (exact) mass is 288 g/mol. The maximum atomic E-state index is 3.77. The van der Waals surface area contributed by atoms with Crippen molar-refractivity contribution in [3.05, 3.63) is 35.4 Å². The van der Waals surface area contributed by atoms with E-state index in [1.807, 2.05) is 0 Å². The molecule has 0 amide bonds. The molecule has 1 aliphatic carbocycles. The van der Waals surface area contributed by atoms with E-state index < -0.39 is 0 Å². The van der Waals surface area contributed by atoms with Gasteiger partial charge in [0.1, 0.15) is 0 Å². The molecule has 0 radical (unpaired) electrons. The van der Waals surface area contributed by atoms with Crippen LogP contribution in [-0.4, -0.2) is 31.1 Å². The highest BCUT2D eigenvalue weighted by Gasteiger charge is 2.43. The lowest BCUT2D eigenvalue weighted by molar-refractivity contribution is 0.105. The molecule has 2 nitrogen and oxygen atoms in total. The highest BCUT2D eigenvalue weighted by molar-refractivity contribution is 5.28. The Hall–Kier alpha value is -0.860. The van der Waals surface area contributed by atoms with Crippen LogP contribution < -0.4 is 5.32 Å². The van der Waals surface area contributed by atoms with Crippen LogP contribution in [0.2, 0.25) is 0 Å². The average molecular weight is 288 g/mol. The lowest BCUT2D eigenvalue weighted by Gasteiger charge is -2.44. The molecule has 0 spiro atoms. The van der Waals surface area contributed by atoms with Crippen LogP contribution in [0.1, 0.15) is 63.1 Å². The van der Waals surface area contributed by atoms with Crippen LogP contribution in [0.15, 0.2) is 24.3 Å². The third-order valence-electron chi connectivity index (χ3n) is 5.16. The maximum absolute atomic E-state index is 3.77. The lowest BCUT2D eigenvalue weighted by Crippen LogP contribution is -2.52. The minimum absolute atomic E-state index is 0.280. The number of nitrogens with zero attached hydrogens (tertiary/aromatic N) is 1. The molecule has 0 aliphatic heterocycles. The summed E-state index contributed by atoms with van der Waals surface area (Å²) in [5, 5.41) is 3.77. The second-order valence-electron chi connectivity index (χ2n) is 6.69. The van der Waals surface area contributed by atoms with E-state index in [1.54, 1.807) is 0 Å². The van der Waals surface area contributed by atoms with Crippen molar-refractivity contribution in [2.24, 2.45) is 0 Å². The summed E-state index contributed by atoms with van der Waals surface area (Å²) in [6, 6.07) is 9.78. The van der Waals surface area contributed by atoms with Crippen molar-refractivity contribution in [3.63, 3.8) is 0 Å². The molecule has 1 aromatic carbocycles. The molecule has 1 aliphatic rings. The van der Waals surface area contributed by atoms with E-state index in [-0.39, 0.29) is 5.54 Å². The van der Waals surface area contributed by atoms with Gasteiger partial charge in [0, 0.05) is 5.54 Å². The minimum atomic E-state index is 0.280. The quantitative estimate of drug-likeness (QED) is 0.810. The van der Waals surface area contributed by atoms with Crippen LogP contribution in [0.4, 0.5) is 0 Å². The minimum Gasteiger partial charge on any atom is -0.309 e. The van der Waals surface area contributed by atoms with Crippen LogP contribution in [0.25, 0.3) is 0 Å². The van der Waals surface area contributed by atoms with Gasteiger partial charge >= 0.3 is 0 Å².